The van der Waals surface area contributed by atoms with Crippen LogP contribution < -0.4 is 0 Å². The van der Waals surface area contributed by atoms with E-state index in [4.69, 9.17) is 0 Å². The normalized spacial score (nSPS) is 6.80. The zero-order chi connectivity index (χ0) is 4.28. The molecule has 0 unspecified atom stereocenters. The average molecular weight is 185 g/mol. The zero-order valence-electron chi connectivity index (χ0n) is 3.43. The molecule has 0 aliphatic rings. The first kappa shape index (κ1) is 5.46. The molecule has 0 heterocycles. The van der Waals surface area contributed by atoms with Crippen molar-refractivity contribution in [2.75, 3.05) is 14.1 Å². The summed E-state index contributed by atoms with van der Waals surface area (Å²) in [5.74, 6) is 0. The topological polar surface area (TPSA) is 3.24 Å². The van der Waals surface area contributed by atoms with Crippen molar-refractivity contribution in [3.05, 3.63) is 0 Å². The fourth-order valence-corrected chi connectivity index (χ4v) is 0. The van der Waals surface area contributed by atoms with Gasteiger partial charge in [0.25, 0.3) is 0 Å². The Bertz CT molecular complexity index is 33.9. The van der Waals surface area contributed by atoms with Gasteiger partial charge >= 0.3 is 45.0 Å². The van der Waals surface area contributed by atoms with E-state index in [1.165, 1.54) is 0 Å². The quantitative estimate of drug-likeness (QED) is 0.496. The Morgan fingerprint density at radius 3 is 1.80 bits per heavy atom. The van der Waals surface area contributed by atoms with Crippen LogP contribution in [0.5, 0.6) is 0 Å². The zero-order valence-corrected chi connectivity index (χ0v) is 5.76. The molecule has 0 aromatic heterocycles. The molecule has 0 aromatic rings. The average Bonchev–Trinajstić information content (AvgIpc) is 1.38. The van der Waals surface area contributed by atoms with Gasteiger partial charge in [0, 0.05) is 0 Å². The Balaban J connectivity index is 2.83. The second-order valence-electron chi connectivity index (χ2n) is 1.07. The minimum atomic E-state index is 1.94. The molecule has 0 N–H and O–H groups in total. The molecule has 30 valence electrons. The van der Waals surface area contributed by atoms with E-state index >= 15 is 0 Å². The molecule has 0 spiro atoms. The molecule has 0 fully saturated rings. The van der Waals surface area contributed by atoms with Crippen LogP contribution in [0.3, 0.4) is 0 Å². The van der Waals surface area contributed by atoms with Crippen molar-refractivity contribution >= 4 is 26.0 Å². The summed E-state index contributed by atoms with van der Waals surface area (Å²) in [6.07, 6.45) is 0. The Morgan fingerprint density at radius 2 is 1.80 bits per heavy atom. The molecule has 0 aromatic carbocycles. The van der Waals surface area contributed by atoms with Crippen molar-refractivity contribution in [3.63, 3.8) is 0 Å². The van der Waals surface area contributed by atoms with Crippen molar-refractivity contribution in [2.45, 2.75) is 0 Å². The SMILES string of the molecule is CN(C)C=[Te]. The maximum atomic E-state index is 2.01. The van der Waals surface area contributed by atoms with Gasteiger partial charge in [0.1, 0.15) is 0 Å². The van der Waals surface area contributed by atoms with Crippen LogP contribution in [0.1, 0.15) is 0 Å². The van der Waals surface area contributed by atoms with Crippen molar-refractivity contribution in [2.24, 2.45) is 0 Å². The molecule has 0 bridgehead atoms. The van der Waals surface area contributed by atoms with Crippen LogP contribution in [0.4, 0.5) is 0 Å². The molecule has 0 radical (unpaired) electrons. The molecule has 0 atom stereocenters. The van der Waals surface area contributed by atoms with Gasteiger partial charge in [0.2, 0.25) is 0 Å². The first-order valence-corrected chi connectivity index (χ1v) is 2.73. The third-order valence-corrected chi connectivity index (χ3v) is 1.41. The van der Waals surface area contributed by atoms with Gasteiger partial charge in [-0.1, -0.05) is 0 Å². The van der Waals surface area contributed by atoms with E-state index in [1.54, 1.807) is 0 Å². The summed E-state index contributed by atoms with van der Waals surface area (Å²) in [4.78, 5) is 2.00. The summed E-state index contributed by atoms with van der Waals surface area (Å²) >= 11 is 1.94. The predicted octanol–water partition coefficient (Wildman–Crippen LogP) is -0.524. The second kappa shape index (κ2) is 2.68. The first-order valence-electron chi connectivity index (χ1n) is 1.39. The molecular formula is C3H7NTe. The van der Waals surface area contributed by atoms with Crippen LogP contribution in [0.15, 0.2) is 0 Å². The summed E-state index contributed by atoms with van der Waals surface area (Å²) in [7, 11) is 4.00. The Hall–Kier alpha value is 0.460. The summed E-state index contributed by atoms with van der Waals surface area (Å²) in [5, 5.41) is 0. The number of hydrogen-bond donors (Lipinski definition) is 0. The number of nitrogens with zero attached hydrogens (tertiary/aromatic N) is 1. The predicted molar refractivity (Wildman–Crippen MR) is 25.5 cm³/mol. The van der Waals surface area contributed by atoms with Crippen molar-refractivity contribution in [1.29, 1.82) is 0 Å². The Labute approximate surface area is 45.4 Å². The molecule has 5 heavy (non-hydrogen) atoms. The molecule has 0 aliphatic heterocycles. The van der Waals surface area contributed by atoms with Crippen LogP contribution in [0.2, 0.25) is 0 Å². The summed E-state index contributed by atoms with van der Waals surface area (Å²) in [6.45, 7) is 0. The number of rotatable bonds is 1. The molecule has 1 nitrogen and oxygen atoms in total. The van der Waals surface area contributed by atoms with E-state index in [1.807, 2.05) is 45.0 Å². The Morgan fingerprint density at radius 1 is 1.60 bits per heavy atom. The van der Waals surface area contributed by atoms with E-state index < -0.39 is 0 Å². The minimum absolute atomic E-state index is 1.94. The van der Waals surface area contributed by atoms with Gasteiger partial charge in [-0.3, -0.25) is 0 Å². The second-order valence-corrected chi connectivity index (χ2v) is 1.67. The molecule has 0 amide bonds. The van der Waals surface area contributed by atoms with Crippen molar-refractivity contribution in [1.82, 2.24) is 4.90 Å². The van der Waals surface area contributed by atoms with Crippen molar-refractivity contribution < 1.29 is 0 Å². The van der Waals surface area contributed by atoms with Crippen LogP contribution >= 0.6 is 0 Å². The van der Waals surface area contributed by atoms with E-state index in [2.05, 4.69) is 0 Å². The number of hydrogen-bond acceptors (Lipinski definition) is 1. The monoisotopic (exact) mass is 187 g/mol. The van der Waals surface area contributed by atoms with Gasteiger partial charge in [-0.2, -0.15) is 0 Å². The van der Waals surface area contributed by atoms with Crippen LogP contribution in [0.25, 0.3) is 0 Å². The van der Waals surface area contributed by atoms with Gasteiger partial charge in [-0.25, -0.2) is 0 Å². The fourth-order valence-electron chi connectivity index (χ4n) is 0. The summed E-state index contributed by atoms with van der Waals surface area (Å²) < 4.78 is 2.01. The fraction of sp³-hybridized carbons (Fsp3) is 0.667. The van der Waals surface area contributed by atoms with E-state index in [0.29, 0.717) is 0 Å². The molecule has 0 saturated heterocycles. The van der Waals surface area contributed by atoms with Gasteiger partial charge in [0.05, 0.1) is 0 Å². The summed E-state index contributed by atoms with van der Waals surface area (Å²) in [5.41, 5.74) is 0. The maximum absolute atomic E-state index is 2.01. The Kier molecular flexibility index (Phi) is 2.93. The van der Waals surface area contributed by atoms with Crippen molar-refractivity contribution in [3.8, 4) is 0 Å². The van der Waals surface area contributed by atoms with E-state index in [0.717, 1.165) is 0 Å². The van der Waals surface area contributed by atoms with Crippen LogP contribution in [-0.2, 0) is 0 Å². The molecule has 0 aliphatic carbocycles. The summed E-state index contributed by atoms with van der Waals surface area (Å²) in [6, 6.07) is 0. The third-order valence-electron chi connectivity index (χ3n) is 0.211. The molecule has 0 rings (SSSR count). The van der Waals surface area contributed by atoms with Gasteiger partial charge < -0.3 is 0 Å². The van der Waals surface area contributed by atoms with Gasteiger partial charge in [-0.15, -0.1) is 0 Å². The van der Waals surface area contributed by atoms with Crippen LogP contribution in [0, 0.1) is 0 Å². The standard InChI is InChI=1S/C3H7NTe/c1-4(2)3-5/h3H,1-2H3. The third kappa shape index (κ3) is 4.46. The molecule has 2 heteroatoms. The van der Waals surface area contributed by atoms with E-state index in [-0.39, 0.29) is 0 Å². The van der Waals surface area contributed by atoms with Crippen LogP contribution in [-0.4, -0.2) is 45.0 Å². The molecule has 0 saturated carbocycles. The van der Waals surface area contributed by atoms with Gasteiger partial charge in [-0.05, 0) is 0 Å². The van der Waals surface area contributed by atoms with E-state index in [9.17, 15) is 0 Å². The van der Waals surface area contributed by atoms with Gasteiger partial charge in [0.15, 0.2) is 0 Å². The molecular weight excluding hydrogens is 178 g/mol. The first-order chi connectivity index (χ1) is 2.27.